The Kier molecular flexibility index (Phi) is 6.92. The van der Waals surface area contributed by atoms with Crippen molar-refractivity contribution in [3.05, 3.63) is 66.2 Å². The van der Waals surface area contributed by atoms with Gasteiger partial charge in [0.15, 0.2) is 0 Å². The molecule has 4 aromatic rings. The van der Waals surface area contributed by atoms with E-state index in [1.54, 1.807) is 35.0 Å². The molecule has 5 rings (SSSR count). The summed E-state index contributed by atoms with van der Waals surface area (Å²) in [4.78, 5) is 19.6. The zero-order chi connectivity index (χ0) is 27.0. The van der Waals surface area contributed by atoms with Crippen LogP contribution < -0.4 is 4.90 Å². The number of aromatic nitrogens is 4. The molecule has 0 N–H and O–H groups in total. The molecule has 14 heteroatoms. The Morgan fingerprint density at radius 1 is 1.18 bits per heavy atom. The van der Waals surface area contributed by atoms with Crippen LogP contribution in [0.15, 0.2) is 53.2 Å². The molecule has 1 aromatic carbocycles. The predicted octanol–water partition coefficient (Wildman–Crippen LogP) is 3.67. The maximum Gasteiger partial charge on any atom is 0.314 e. The van der Waals surface area contributed by atoms with E-state index in [0.29, 0.717) is 35.4 Å². The summed E-state index contributed by atoms with van der Waals surface area (Å²) in [5.74, 6) is -2.07. The fourth-order valence-electron chi connectivity index (χ4n) is 4.44. The second-order valence-electron chi connectivity index (χ2n) is 9.00. The number of carbonyl (C=O) groups excluding carboxylic acids is 1. The molecule has 200 valence electrons. The first-order chi connectivity index (χ1) is 18.1. The number of fused-ring (bicyclic) bond motifs is 1. The van der Waals surface area contributed by atoms with E-state index in [0.717, 1.165) is 6.26 Å². The van der Waals surface area contributed by atoms with Gasteiger partial charge in [-0.05, 0) is 43.2 Å². The second-order valence-corrected chi connectivity index (χ2v) is 11.0. The number of amides is 1. The molecule has 1 fully saturated rings. The summed E-state index contributed by atoms with van der Waals surface area (Å²) in [6.07, 6.45) is 2.28. The van der Waals surface area contributed by atoms with Gasteiger partial charge in [-0.2, -0.15) is 8.78 Å². The lowest BCUT2D eigenvalue weighted by atomic mass is 9.96. The number of nitrogens with zero attached hydrogens (tertiary/aromatic N) is 6. The lowest BCUT2D eigenvalue weighted by molar-refractivity contribution is -0.123. The van der Waals surface area contributed by atoms with Crippen LogP contribution in [0, 0.1) is 11.7 Å². The molecule has 1 aliphatic rings. The second kappa shape index (κ2) is 10.2. The molecule has 0 radical (unpaired) electrons. The smallest absolute Gasteiger partial charge is 0.314 e. The van der Waals surface area contributed by atoms with Crippen LogP contribution in [0.25, 0.3) is 17.1 Å². The molecule has 1 aliphatic heterocycles. The van der Waals surface area contributed by atoms with Gasteiger partial charge in [0.2, 0.25) is 21.8 Å². The van der Waals surface area contributed by atoms with Crippen molar-refractivity contribution in [3.8, 4) is 11.5 Å². The fraction of sp³-hybridized carbons (Fsp3) is 0.333. The SMILES string of the molecule is CS(=O)(=O)N1CCC(C(=O)N(Cc2cn3ccc(-c4nnc(C(F)F)o4)cc3n2)c2cccc(F)c2)CC1. The van der Waals surface area contributed by atoms with Gasteiger partial charge in [-0.3, -0.25) is 4.79 Å². The van der Waals surface area contributed by atoms with E-state index in [4.69, 9.17) is 4.42 Å². The molecular formula is C24H23F3N6O4S. The third kappa shape index (κ3) is 5.41. The summed E-state index contributed by atoms with van der Waals surface area (Å²) in [5.41, 5.74) is 1.68. The highest BCUT2D eigenvalue weighted by Crippen LogP contribution is 2.28. The minimum Gasteiger partial charge on any atom is -0.415 e. The van der Waals surface area contributed by atoms with Crippen molar-refractivity contribution in [2.45, 2.75) is 25.8 Å². The van der Waals surface area contributed by atoms with Gasteiger partial charge in [0.05, 0.1) is 18.5 Å². The maximum absolute atomic E-state index is 14.1. The number of pyridine rings is 1. The lowest BCUT2D eigenvalue weighted by Gasteiger charge is -2.33. The van der Waals surface area contributed by atoms with Gasteiger partial charge in [-0.1, -0.05) is 6.07 Å². The first kappa shape index (κ1) is 25.9. The summed E-state index contributed by atoms with van der Waals surface area (Å²) in [7, 11) is -3.35. The van der Waals surface area contributed by atoms with Crippen LogP contribution in [0.2, 0.25) is 0 Å². The average Bonchev–Trinajstić information content (AvgIpc) is 3.53. The summed E-state index contributed by atoms with van der Waals surface area (Å²) < 4.78 is 71.5. The minimum atomic E-state index is -3.35. The molecule has 10 nitrogen and oxygen atoms in total. The van der Waals surface area contributed by atoms with Crippen molar-refractivity contribution in [1.82, 2.24) is 23.9 Å². The average molecular weight is 549 g/mol. The topological polar surface area (TPSA) is 114 Å². The predicted molar refractivity (Wildman–Crippen MR) is 130 cm³/mol. The molecule has 1 saturated heterocycles. The number of hydrogen-bond donors (Lipinski definition) is 0. The Bertz CT molecular complexity index is 1580. The number of hydrogen-bond acceptors (Lipinski definition) is 7. The van der Waals surface area contributed by atoms with Gasteiger partial charge >= 0.3 is 6.43 Å². The molecule has 0 unspecified atom stereocenters. The summed E-state index contributed by atoms with van der Waals surface area (Å²) in [5, 5.41) is 6.98. The Morgan fingerprint density at radius 2 is 1.95 bits per heavy atom. The van der Waals surface area contributed by atoms with Gasteiger partial charge in [0.1, 0.15) is 11.5 Å². The van der Waals surface area contributed by atoms with E-state index in [1.807, 2.05) is 0 Å². The summed E-state index contributed by atoms with van der Waals surface area (Å²) in [6.45, 7) is 0.486. The summed E-state index contributed by atoms with van der Waals surface area (Å²) >= 11 is 0. The maximum atomic E-state index is 14.1. The third-order valence-electron chi connectivity index (χ3n) is 6.36. The highest BCUT2D eigenvalue weighted by atomic mass is 32.2. The summed E-state index contributed by atoms with van der Waals surface area (Å²) in [6, 6.07) is 8.85. The van der Waals surface area contributed by atoms with E-state index in [-0.39, 0.29) is 31.4 Å². The zero-order valence-electron chi connectivity index (χ0n) is 20.2. The Labute approximate surface area is 215 Å². The largest absolute Gasteiger partial charge is 0.415 e. The van der Waals surface area contributed by atoms with Gasteiger partial charge in [-0.25, -0.2) is 22.1 Å². The van der Waals surface area contributed by atoms with Crippen molar-refractivity contribution < 1.29 is 30.8 Å². The molecule has 0 spiro atoms. The minimum absolute atomic E-state index is 0.0294. The van der Waals surface area contributed by atoms with Crippen molar-refractivity contribution in [2.24, 2.45) is 5.92 Å². The highest BCUT2D eigenvalue weighted by Gasteiger charge is 2.32. The monoisotopic (exact) mass is 548 g/mol. The van der Waals surface area contributed by atoms with Crippen LogP contribution in [-0.2, 0) is 21.4 Å². The fourth-order valence-corrected chi connectivity index (χ4v) is 5.31. The number of halogens is 3. The van der Waals surface area contributed by atoms with Crippen LogP contribution in [-0.4, -0.2) is 57.6 Å². The number of rotatable bonds is 7. The van der Waals surface area contributed by atoms with E-state index in [9.17, 15) is 26.4 Å². The van der Waals surface area contributed by atoms with Crippen molar-refractivity contribution in [3.63, 3.8) is 0 Å². The number of imidazole rings is 1. The van der Waals surface area contributed by atoms with E-state index >= 15 is 0 Å². The van der Waals surface area contributed by atoms with Crippen molar-refractivity contribution in [2.75, 3.05) is 24.2 Å². The third-order valence-corrected chi connectivity index (χ3v) is 7.67. The number of carbonyl (C=O) groups is 1. The van der Waals surface area contributed by atoms with E-state index in [2.05, 4.69) is 15.2 Å². The van der Waals surface area contributed by atoms with Gasteiger partial charge in [0.25, 0.3) is 5.89 Å². The molecule has 0 atom stereocenters. The molecule has 38 heavy (non-hydrogen) atoms. The number of benzene rings is 1. The van der Waals surface area contributed by atoms with Gasteiger partial charge in [0, 0.05) is 42.7 Å². The van der Waals surface area contributed by atoms with Crippen LogP contribution >= 0.6 is 0 Å². The number of piperidine rings is 1. The van der Waals surface area contributed by atoms with E-state index in [1.165, 1.54) is 27.4 Å². The molecular weight excluding hydrogens is 525 g/mol. The Balaban J connectivity index is 1.41. The highest BCUT2D eigenvalue weighted by molar-refractivity contribution is 7.88. The van der Waals surface area contributed by atoms with Crippen molar-refractivity contribution in [1.29, 1.82) is 0 Å². The number of alkyl halides is 2. The Hall–Kier alpha value is -3.78. The van der Waals surface area contributed by atoms with Crippen LogP contribution in [0.3, 0.4) is 0 Å². The van der Waals surface area contributed by atoms with Crippen LogP contribution in [0.4, 0.5) is 18.9 Å². The first-order valence-corrected chi connectivity index (χ1v) is 13.5. The van der Waals surface area contributed by atoms with E-state index < -0.39 is 34.1 Å². The first-order valence-electron chi connectivity index (χ1n) is 11.7. The van der Waals surface area contributed by atoms with Gasteiger partial charge < -0.3 is 13.7 Å². The molecule has 0 saturated carbocycles. The van der Waals surface area contributed by atoms with Crippen molar-refractivity contribution >= 4 is 27.3 Å². The molecule has 3 aromatic heterocycles. The van der Waals surface area contributed by atoms with Crippen LogP contribution in [0.1, 0.15) is 30.9 Å². The van der Waals surface area contributed by atoms with Gasteiger partial charge in [-0.15, -0.1) is 10.2 Å². The Morgan fingerprint density at radius 3 is 2.61 bits per heavy atom. The van der Waals surface area contributed by atoms with Crippen LogP contribution in [0.5, 0.6) is 0 Å². The molecule has 0 bridgehead atoms. The normalized spacial score (nSPS) is 15.4. The molecule has 4 heterocycles. The number of anilines is 1. The lowest BCUT2D eigenvalue weighted by Crippen LogP contribution is -2.44. The zero-order valence-corrected chi connectivity index (χ0v) is 21.0. The molecule has 1 amide bonds. The quantitative estimate of drug-likeness (QED) is 0.346. The number of sulfonamides is 1. The molecule has 0 aliphatic carbocycles. The standard InChI is InChI=1S/C24H23F3N6O4S/c1-38(35,36)32-9-6-15(7-10-32)24(34)33(19-4-2-3-17(25)12-19)14-18-13-31-8-5-16(11-20(31)28-18)22-29-30-23(37-22)21(26)27/h2-5,8,11-13,15,21H,6-7,9-10,14H2,1H3.